The van der Waals surface area contributed by atoms with Crippen molar-refractivity contribution in [2.45, 2.75) is 51.2 Å². The number of nitrogens with two attached hydrogens (primary N) is 1. The molecule has 0 saturated heterocycles. The molecule has 0 aromatic heterocycles. The highest BCUT2D eigenvalue weighted by Crippen LogP contribution is 2.31. The summed E-state index contributed by atoms with van der Waals surface area (Å²) in [5.74, 6) is -2.67. The van der Waals surface area contributed by atoms with Gasteiger partial charge in [-0.05, 0) is 62.2 Å². The van der Waals surface area contributed by atoms with E-state index in [0.717, 1.165) is 32.1 Å². The monoisotopic (exact) mass is 463 g/mol. The number of ether oxygens (including phenoxy) is 1. The molecule has 34 heavy (non-hydrogen) atoms. The molecule has 9 heteroatoms. The van der Waals surface area contributed by atoms with Crippen LogP contribution >= 0.6 is 0 Å². The fraction of sp³-hybridized carbons (Fsp3) is 0.320. The molecule has 2 aliphatic rings. The zero-order valence-electron chi connectivity index (χ0n) is 18.7. The average molecular weight is 463 g/mol. The number of benzene rings is 2. The van der Waals surface area contributed by atoms with Gasteiger partial charge in [0.2, 0.25) is 5.91 Å². The van der Waals surface area contributed by atoms with Gasteiger partial charge in [0, 0.05) is 17.3 Å². The first-order valence-electron chi connectivity index (χ1n) is 11.2. The molecule has 176 valence electrons. The molecule has 0 radical (unpaired) electrons. The lowest BCUT2D eigenvalue weighted by Crippen LogP contribution is -2.40. The molecule has 4 amide bonds. The third-order valence-corrected chi connectivity index (χ3v) is 6.18. The smallest absolute Gasteiger partial charge is 0.338 e. The fourth-order valence-electron chi connectivity index (χ4n) is 4.30. The van der Waals surface area contributed by atoms with Gasteiger partial charge in [0.15, 0.2) is 6.10 Å². The van der Waals surface area contributed by atoms with Gasteiger partial charge in [-0.3, -0.25) is 24.1 Å². The number of imide groups is 1. The van der Waals surface area contributed by atoms with Gasteiger partial charge in [-0.1, -0.05) is 19.3 Å². The third-order valence-electron chi connectivity index (χ3n) is 6.18. The van der Waals surface area contributed by atoms with Crippen LogP contribution in [0.5, 0.6) is 0 Å². The maximum atomic E-state index is 12.9. The summed E-state index contributed by atoms with van der Waals surface area (Å²) in [6, 6.07) is 10.1. The van der Waals surface area contributed by atoms with Crippen LogP contribution < -0.4 is 11.1 Å². The lowest BCUT2D eigenvalue weighted by atomic mass is 9.94. The molecule has 3 N–H and O–H groups in total. The van der Waals surface area contributed by atoms with Crippen molar-refractivity contribution >= 4 is 35.3 Å². The first-order chi connectivity index (χ1) is 16.3. The van der Waals surface area contributed by atoms with E-state index in [-0.39, 0.29) is 28.6 Å². The summed E-state index contributed by atoms with van der Waals surface area (Å²) in [5.41, 5.74) is 6.43. The Kier molecular flexibility index (Phi) is 6.45. The molecule has 2 aromatic rings. The van der Waals surface area contributed by atoms with E-state index in [1.165, 1.54) is 54.3 Å². The number of anilines is 1. The van der Waals surface area contributed by atoms with Gasteiger partial charge in [0.05, 0.1) is 16.7 Å². The van der Waals surface area contributed by atoms with E-state index < -0.39 is 29.8 Å². The van der Waals surface area contributed by atoms with Gasteiger partial charge in [-0.15, -0.1) is 0 Å². The van der Waals surface area contributed by atoms with Crippen LogP contribution in [0.1, 0.15) is 80.5 Å². The average Bonchev–Trinajstić information content (AvgIpc) is 3.09. The molecule has 4 rings (SSSR count). The van der Waals surface area contributed by atoms with Gasteiger partial charge < -0.3 is 15.8 Å². The standard InChI is InChI=1S/C25H25N3O6/c1-14(22(30)27-17-10-7-15(8-11-17)21(26)29)34-25(33)16-9-12-19-20(13-16)24(32)28(23(19)31)18-5-3-2-4-6-18/h7-14,18H,2-6H2,1H3,(H2,26,29)(H,27,30)/t14-/m0/s1. The number of nitrogens with one attached hydrogen (secondary N) is 1. The van der Waals surface area contributed by atoms with Gasteiger partial charge in [-0.25, -0.2) is 4.79 Å². The summed E-state index contributed by atoms with van der Waals surface area (Å²) < 4.78 is 5.26. The quantitative estimate of drug-likeness (QED) is 0.499. The second-order valence-electron chi connectivity index (χ2n) is 8.51. The number of carbonyl (C=O) groups excluding carboxylic acids is 5. The van der Waals surface area contributed by atoms with Gasteiger partial charge in [0.25, 0.3) is 17.7 Å². The largest absolute Gasteiger partial charge is 0.449 e. The number of hydrogen-bond acceptors (Lipinski definition) is 6. The van der Waals surface area contributed by atoms with Gasteiger partial charge in [-0.2, -0.15) is 0 Å². The first-order valence-corrected chi connectivity index (χ1v) is 11.2. The Balaban J connectivity index is 1.41. The Bertz CT molecular complexity index is 1170. The van der Waals surface area contributed by atoms with Crippen molar-refractivity contribution in [3.05, 3.63) is 64.7 Å². The SMILES string of the molecule is C[C@H](OC(=O)c1ccc2c(c1)C(=O)N(C1CCCCC1)C2=O)C(=O)Nc1ccc(C(N)=O)cc1. The lowest BCUT2D eigenvalue weighted by molar-refractivity contribution is -0.123. The fourth-order valence-corrected chi connectivity index (χ4v) is 4.30. The minimum absolute atomic E-state index is 0.0795. The maximum absolute atomic E-state index is 12.9. The highest BCUT2D eigenvalue weighted by molar-refractivity contribution is 6.22. The summed E-state index contributed by atoms with van der Waals surface area (Å²) in [4.78, 5) is 63.2. The molecule has 9 nitrogen and oxygen atoms in total. The summed E-state index contributed by atoms with van der Waals surface area (Å²) in [6.07, 6.45) is 3.50. The van der Waals surface area contributed by atoms with Crippen molar-refractivity contribution in [1.29, 1.82) is 0 Å². The minimum Gasteiger partial charge on any atom is -0.449 e. The molecular weight excluding hydrogens is 438 g/mol. The molecule has 1 aliphatic heterocycles. The topological polar surface area (TPSA) is 136 Å². The number of rotatable bonds is 6. The number of carbonyl (C=O) groups is 5. The molecule has 1 atom stereocenters. The second kappa shape index (κ2) is 9.46. The lowest BCUT2D eigenvalue weighted by Gasteiger charge is -2.29. The van der Waals surface area contributed by atoms with Crippen LogP contribution in [0.15, 0.2) is 42.5 Å². The number of primary amides is 1. The highest BCUT2D eigenvalue weighted by Gasteiger charge is 2.40. The second-order valence-corrected chi connectivity index (χ2v) is 8.51. The van der Waals surface area contributed by atoms with Crippen LogP contribution in [-0.4, -0.2) is 46.6 Å². The van der Waals surface area contributed by atoms with Crippen molar-refractivity contribution in [2.24, 2.45) is 5.73 Å². The van der Waals surface area contributed by atoms with Crippen molar-refractivity contribution in [3.8, 4) is 0 Å². The van der Waals surface area contributed by atoms with Crippen LogP contribution in [0.25, 0.3) is 0 Å². The summed E-state index contributed by atoms with van der Waals surface area (Å²) in [7, 11) is 0. The van der Waals surface area contributed by atoms with E-state index in [0.29, 0.717) is 11.3 Å². The van der Waals surface area contributed by atoms with Crippen molar-refractivity contribution in [3.63, 3.8) is 0 Å². The molecule has 1 aliphatic carbocycles. The number of esters is 1. The number of hydrogen-bond donors (Lipinski definition) is 2. The minimum atomic E-state index is -1.13. The predicted molar refractivity (Wildman–Crippen MR) is 122 cm³/mol. The summed E-state index contributed by atoms with van der Waals surface area (Å²) in [6.45, 7) is 1.41. The maximum Gasteiger partial charge on any atom is 0.338 e. The number of fused-ring (bicyclic) bond motifs is 1. The van der Waals surface area contributed by atoms with E-state index in [1.807, 2.05) is 0 Å². The molecule has 0 spiro atoms. The van der Waals surface area contributed by atoms with Crippen molar-refractivity contribution < 1.29 is 28.7 Å². The Morgan fingerprint density at radius 3 is 2.21 bits per heavy atom. The number of amides is 4. The Morgan fingerprint density at radius 1 is 0.941 bits per heavy atom. The molecule has 0 bridgehead atoms. The zero-order valence-corrected chi connectivity index (χ0v) is 18.7. The van der Waals surface area contributed by atoms with Crippen LogP contribution in [0.4, 0.5) is 5.69 Å². The van der Waals surface area contributed by atoms with Crippen LogP contribution in [0, 0.1) is 0 Å². The Morgan fingerprint density at radius 2 is 1.56 bits per heavy atom. The summed E-state index contributed by atoms with van der Waals surface area (Å²) >= 11 is 0. The Hall–Kier alpha value is -4.01. The molecule has 0 unspecified atom stereocenters. The van der Waals surface area contributed by atoms with Crippen molar-refractivity contribution in [1.82, 2.24) is 4.90 Å². The van der Waals surface area contributed by atoms with E-state index in [1.54, 1.807) is 0 Å². The number of nitrogens with zero attached hydrogens (tertiary/aromatic N) is 1. The summed E-state index contributed by atoms with van der Waals surface area (Å²) in [5, 5.41) is 2.59. The van der Waals surface area contributed by atoms with E-state index in [2.05, 4.69) is 5.32 Å². The van der Waals surface area contributed by atoms with E-state index in [4.69, 9.17) is 10.5 Å². The van der Waals surface area contributed by atoms with Crippen molar-refractivity contribution in [2.75, 3.05) is 5.32 Å². The highest BCUT2D eigenvalue weighted by atomic mass is 16.5. The van der Waals surface area contributed by atoms with Gasteiger partial charge in [0.1, 0.15) is 0 Å². The van der Waals surface area contributed by atoms with Crippen LogP contribution in [0.2, 0.25) is 0 Å². The predicted octanol–water partition coefficient (Wildman–Crippen LogP) is 2.90. The third kappa shape index (κ3) is 4.54. The molecular formula is C25H25N3O6. The van der Waals surface area contributed by atoms with Crippen LogP contribution in [-0.2, 0) is 9.53 Å². The molecule has 2 aromatic carbocycles. The Labute approximate surface area is 196 Å². The molecule has 1 heterocycles. The first kappa shape index (κ1) is 23.2. The molecule has 1 saturated carbocycles. The molecule has 1 fully saturated rings. The zero-order chi connectivity index (χ0) is 24.4. The van der Waals surface area contributed by atoms with E-state index in [9.17, 15) is 24.0 Å². The van der Waals surface area contributed by atoms with E-state index >= 15 is 0 Å². The van der Waals surface area contributed by atoms with Gasteiger partial charge >= 0.3 is 5.97 Å². The van der Waals surface area contributed by atoms with Crippen LogP contribution in [0.3, 0.4) is 0 Å². The normalized spacial score (nSPS) is 16.7.